The van der Waals surface area contributed by atoms with Gasteiger partial charge in [0.2, 0.25) is 0 Å². The van der Waals surface area contributed by atoms with Gasteiger partial charge >= 0.3 is 0 Å². The van der Waals surface area contributed by atoms with Crippen LogP contribution < -0.4 is 0 Å². The van der Waals surface area contributed by atoms with Gasteiger partial charge in [0, 0.05) is 6.16 Å². The van der Waals surface area contributed by atoms with Gasteiger partial charge in [-0.05, 0) is 5.56 Å². The van der Waals surface area contributed by atoms with E-state index in [1.807, 2.05) is 30.3 Å². The molecular weight excluding hydrogens is 147 g/mol. The molecule has 0 saturated heterocycles. The fourth-order valence-corrected chi connectivity index (χ4v) is 1.28. The summed E-state index contributed by atoms with van der Waals surface area (Å²) in [6.45, 7) is 0. The van der Waals surface area contributed by atoms with Crippen LogP contribution in [0.4, 0.5) is 0 Å². The molecule has 10 heavy (non-hydrogen) atoms. The Labute approximate surface area is 61.1 Å². The summed E-state index contributed by atoms with van der Waals surface area (Å²) in [5, 5.41) is 0. The summed E-state index contributed by atoms with van der Waals surface area (Å²) in [4.78, 5) is 17.3. The molecule has 0 radical (unpaired) electrons. The lowest BCUT2D eigenvalue weighted by Crippen LogP contribution is -1.80. The van der Waals surface area contributed by atoms with Crippen molar-refractivity contribution in [3.05, 3.63) is 35.9 Å². The number of benzene rings is 1. The maximum Gasteiger partial charge on any atom is 0.169 e. The van der Waals surface area contributed by atoms with E-state index >= 15 is 0 Å². The monoisotopic (exact) mass is 156 g/mol. The Balaban J connectivity index is 2.59. The van der Waals surface area contributed by atoms with Gasteiger partial charge in [-0.1, -0.05) is 30.3 Å². The van der Waals surface area contributed by atoms with Crippen molar-refractivity contribution in [1.82, 2.24) is 0 Å². The van der Waals surface area contributed by atoms with Gasteiger partial charge in [-0.2, -0.15) is 0 Å². The summed E-state index contributed by atoms with van der Waals surface area (Å²) < 4.78 is 0. The molecule has 1 aromatic carbocycles. The Morgan fingerprint density at radius 3 is 2.20 bits per heavy atom. The molecule has 0 saturated carbocycles. The zero-order valence-electron chi connectivity index (χ0n) is 5.44. The molecule has 0 aliphatic rings. The molecule has 0 fully saturated rings. The Bertz CT molecular complexity index is 186. The molecule has 0 amide bonds. The van der Waals surface area contributed by atoms with E-state index in [1.165, 1.54) is 0 Å². The first-order chi connectivity index (χ1) is 4.79. The smallest absolute Gasteiger partial charge is 0.169 e. The summed E-state index contributed by atoms with van der Waals surface area (Å²) in [7, 11) is -1.78. The normalized spacial score (nSPS) is 10.3. The topological polar surface area (TPSA) is 40.5 Å². The quantitative estimate of drug-likeness (QED) is 0.636. The molecule has 0 unspecified atom stereocenters. The van der Waals surface area contributed by atoms with Gasteiger partial charge in [-0.25, -0.2) is 0 Å². The zero-order valence-corrected chi connectivity index (χ0v) is 6.33. The summed E-state index contributed by atoms with van der Waals surface area (Å²) in [6.07, 6.45) is 0.371. The Kier molecular flexibility index (Phi) is 2.82. The van der Waals surface area contributed by atoms with Gasteiger partial charge in [0.1, 0.15) is 0 Å². The summed E-state index contributed by atoms with van der Waals surface area (Å²) in [6, 6.07) is 9.42. The summed E-state index contributed by atoms with van der Waals surface area (Å²) in [5.74, 6) is 0. The lowest BCUT2D eigenvalue weighted by molar-refractivity contribution is 0.481. The largest absolute Gasteiger partial charge is 0.350 e. The lowest BCUT2D eigenvalue weighted by Gasteiger charge is -2.00. The Hall–Kier alpha value is -0.430. The third-order valence-electron chi connectivity index (χ3n) is 1.17. The molecule has 54 valence electrons. The van der Waals surface area contributed by atoms with E-state index in [2.05, 4.69) is 0 Å². The highest BCUT2D eigenvalue weighted by Crippen LogP contribution is 2.28. The Morgan fingerprint density at radius 1 is 1.10 bits per heavy atom. The van der Waals surface area contributed by atoms with Gasteiger partial charge in [0.25, 0.3) is 0 Å². The van der Waals surface area contributed by atoms with Crippen LogP contribution in [0.1, 0.15) is 5.56 Å². The maximum atomic E-state index is 8.63. The van der Waals surface area contributed by atoms with Crippen LogP contribution in [0.25, 0.3) is 0 Å². The van der Waals surface area contributed by atoms with Crippen LogP contribution in [0, 0.1) is 0 Å². The predicted octanol–water partition coefficient (Wildman–Crippen LogP) is 1.48. The molecule has 0 atom stereocenters. The fourth-order valence-electron chi connectivity index (χ4n) is 0.747. The fraction of sp³-hybridized carbons (Fsp3) is 0.143. The average molecular weight is 156 g/mol. The second-order valence-electron chi connectivity index (χ2n) is 2.02. The SMILES string of the molecule is OP(O)Cc1ccccc1. The van der Waals surface area contributed by atoms with Gasteiger partial charge < -0.3 is 9.79 Å². The number of rotatable bonds is 2. The highest BCUT2D eigenvalue weighted by Gasteiger charge is 1.98. The first-order valence-corrected chi connectivity index (χ1v) is 4.41. The minimum Gasteiger partial charge on any atom is -0.350 e. The van der Waals surface area contributed by atoms with Crippen molar-refractivity contribution in [2.45, 2.75) is 6.16 Å². The van der Waals surface area contributed by atoms with E-state index in [4.69, 9.17) is 9.79 Å². The van der Waals surface area contributed by atoms with Crippen molar-refractivity contribution >= 4 is 8.38 Å². The van der Waals surface area contributed by atoms with E-state index in [1.54, 1.807) is 0 Å². The molecule has 1 rings (SSSR count). The van der Waals surface area contributed by atoms with Crippen molar-refractivity contribution in [3.63, 3.8) is 0 Å². The average Bonchev–Trinajstić information content (AvgIpc) is 1.88. The van der Waals surface area contributed by atoms with Crippen LogP contribution in [-0.4, -0.2) is 9.79 Å². The third kappa shape index (κ3) is 2.44. The molecule has 0 bridgehead atoms. The minimum atomic E-state index is -1.78. The van der Waals surface area contributed by atoms with Crippen LogP contribution in [0.2, 0.25) is 0 Å². The third-order valence-corrected chi connectivity index (χ3v) is 1.81. The van der Waals surface area contributed by atoms with Crippen molar-refractivity contribution in [3.8, 4) is 0 Å². The Morgan fingerprint density at radius 2 is 1.70 bits per heavy atom. The van der Waals surface area contributed by atoms with Crippen molar-refractivity contribution in [2.75, 3.05) is 0 Å². The molecule has 0 aliphatic heterocycles. The maximum absolute atomic E-state index is 8.63. The zero-order chi connectivity index (χ0) is 7.40. The molecule has 1 aromatic rings. The van der Waals surface area contributed by atoms with E-state index in [-0.39, 0.29) is 0 Å². The molecule has 2 nitrogen and oxygen atoms in total. The van der Waals surface area contributed by atoms with Gasteiger partial charge in [-0.15, -0.1) is 0 Å². The summed E-state index contributed by atoms with van der Waals surface area (Å²) >= 11 is 0. The molecule has 3 heteroatoms. The van der Waals surface area contributed by atoms with E-state index in [0.717, 1.165) is 5.56 Å². The van der Waals surface area contributed by atoms with Crippen LogP contribution in [0.5, 0.6) is 0 Å². The van der Waals surface area contributed by atoms with Gasteiger partial charge in [0.05, 0.1) is 0 Å². The number of hydrogen-bond donors (Lipinski definition) is 2. The molecule has 0 aromatic heterocycles. The van der Waals surface area contributed by atoms with Crippen molar-refractivity contribution in [2.24, 2.45) is 0 Å². The molecule has 0 aliphatic carbocycles. The minimum absolute atomic E-state index is 0.371. The van der Waals surface area contributed by atoms with Crippen molar-refractivity contribution in [1.29, 1.82) is 0 Å². The second kappa shape index (κ2) is 3.67. The van der Waals surface area contributed by atoms with Crippen LogP contribution in [-0.2, 0) is 6.16 Å². The van der Waals surface area contributed by atoms with E-state index in [9.17, 15) is 0 Å². The van der Waals surface area contributed by atoms with Gasteiger partial charge in [-0.3, -0.25) is 0 Å². The standard InChI is InChI=1S/C7H9O2P/c8-10(9)6-7-4-2-1-3-5-7/h1-5,8-9H,6H2. The number of hydrogen-bond acceptors (Lipinski definition) is 2. The second-order valence-corrected chi connectivity index (χ2v) is 3.08. The van der Waals surface area contributed by atoms with E-state index in [0.29, 0.717) is 6.16 Å². The lowest BCUT2D eigenvalue weighted by atomic mass is 10.2. The van der Waals surface area contributed by atoms with Crippen molar-refractivity contribution < 1.29 is 9.79 Å². The summed E-state index contributed by atoms with van der Waals surface area (Å²) in [5.41, 5.74) is 0.971. The van der Waals surface area contributed by atoms with E-state index < -0.39 is 8.38 Å². The van der Waals surface area contributed by atoms with Gasteiger partial charge in [0.15, 0.2) is 8.38 Å². The highest BCUT2D eigenvalue weighted by atomic mass is 31.2. The van der Waals surface area contributed by atoms with Crippen LogP contribution >= 0.6 is 8.38 Å². The van der Waals surface area contributed by atoms with Crippen LogP contribution in [0.15, 0.2) is 30.3 Å². The molecule has 0 spiro atoms. The highest BCUT2D eigenvalue weighted by molar-refractivity contribution is 7.44. The molecule has 0 heterocycles. The molecular formula is C7H9O2P. The molecule has 2 N–H and O–H groups in total. The predicted molar refractivity (Wildman–Crippen MR) is 41.5 cm³/mol. The van der Waals surface area contributed by atoms with Crippen LogP contribution in [0.3, 0.4) is 0 Å². The first-order valence-electron chi connectivity index (χ1n) is 2.98. The first kappa shape index (κ1) is 7.67.